The lowest BCUT2D eigenvalue weighted by atomic mass is 10.3. The topological polar surface area (TPSA) is 78.9 Å². The van der Waals surface area contributed by atoms with Crippen LogP contribution in [0, 0.1) is 0 Å². The van der Waals surface area contributed by atoms with Crippen LogP contribution in [0.1, 0.15) is 0 Å². The molecule has 0 aliphatic heterocycles. The minimum atomic E-state index is -1.08. The molecule has 7 heteroatoms. The number of aliphatic carboxylic acids is 1. The summed E-state index contributed by atoms with van der Waals surface area (Å²) in [4.78, 5) is 23.7. The Morgan fingerprint density at radius 1 is 1.37 bits per heavy atom. The Bertz CT molecular complexity index is 436. The van der Waals surface area contributed by atoms with Crippen LogP contribution in [0.4, 0.5) is 10.5 Å². The van der Waals surface area contributed by atoms with E-state index in [2.05, 4.69) is 5.32 Å². The van der Waals surface area contributed by atoms with Gasteiger partial charge < -0.3 is 20.1 Å². The van der Waals surface area contributed by atoms with Crippen LogP contribution in [-0.4, -0.2) is 48.8 Å². The summed E-state index contributed by atoms with van der Waals surface area (Å²) in [5, 5.41) is 11.9. The lowest BCUT2D eigenvalue weighted by Gasteiger charge is -2.20. The van der Waals surface area contributed by atoms with E-state index in [1.165, 1.54) is 7.11 Å². The van der Waals surface area contributed by atoms with Gasteiger partial charge in [0.25, 0.3) is 0 Å². The van der Waals surface area contributed by atoms with Crippen molar-refractivity contribution in [2.45, 2.75) is 0 Å². The van der Waals surface area contributed by atoms with E-state index in [0.29, 0.717) is 10.7 Å². The number of nitrogens with zero attached hydrogens (tertiary/aromatic N) is 1. The SMILES string of the molecule is COCCN(CC(=O)O)C(=O)Nc1ccc(Cl)cc1. The van der Waals surface area contributed by atoms with E-state index in [1.54, 1.807) is 24.3 Å². The van der Waals surface area contributed by atoms with Gasteiger partial charge in [-0.15, -0.1) is 0 Å². The van der Waals surface area contributed by atoms with Crippen molar-refractivity contribution in [2.75, 3.05) is 32.1 Å². The van der Waals surface area contributed by atoms with Gasteiger partial charge in [-0.05, 0) is 24.3 Å². The number of hydrogen-bond donors (Lipinski definition) is 2. The van der Waals surface area contributed by atoms with Gasteiger partial charge in [-0.3, -0.25) is 4.79 Å². The van der Waals surface area contributed by atoms with Gasteiger partial charge in [0.15, 0.2) is 0 Å². The number of nitrogens with one attached hydrogen (secondary N) is 1. The molecule has 1 rings (SSSR count). The highest BCUT2D eigenvalue weighted by molar-refractivity contribution is 6.30. The van der Waals surface area contributed by atoms with E-state index in [9.17, 15) is 9.59 Å². The molecule has 0 bridgehead atoms. The number of methoxy groups -OCH3 is 1. The normalized spacial score (nSPS) is 10.0. The maximum absolute atomic E-state index is 11.9. The number of anilines is 1. The molecular formula is C12H15ClN2O4. The first-order valence-electron chi connectivity index (χ1n) is 5.55. The number of urea groups is 1. The molecule has 104 valence electrons. The number of hydrogen-bond acceptors (Lipinski definition) is 3. The van der Waals surface area contributed by atoms with Crippen molar-refractivity contribution < 1.29 is 19.4 Å². The third kappa shape index (κ3) is 5.58. The summed E-state index contributed by atoms with van der Waals surface area (Å²) in [6, 6.07) is 6.04. The van der Waals surface area contributed by atoms with E-state index < -0.39 is 12.0 Å². The molecular weight excluding hydrogens is 272 g/mol. The van der Waals surface area contributed by atoms with Gasteiger partial charge in [-0.2, -0.15) is 0 Å². The van der Waals surface area contributed by atoms with Crippen molar-refractivity contribution in [3.63, 3.8) is 0 Å². The lowest BCUT2D eigenvalue weighted by molar-refractivity contribution is -0.137. The second-order valence-electron chi connectivity index (χ2n) is 3.75. The van der Waals surface area contributed by atoms with Gasteiger partial charge in [0.2, 0.25) is 0 Å². The molecule has 0 heterocycles. The van der Waals surface area contributed by atoms with E-state index >= 15 is 0 Å². The van der Waals surface area contributed by atoms with Crippen molar-refractivity contribution >= 4 is 29.3 Å². The Hall–Kier alpha value is -1.79. The van der Waals surface area contributed by atoms with Crippen LogP contribution >= 0.6 is 11.6 Å². The molecule has 0 atom stereocenters. The number of carbonyl (C=O) groups excluding carboxylic acids is 1. The molecule has 0 unspecified atom stereocenters. The molecule has 0 aliphatic carbocycles. The van der Waals surface area contributed by atoms with Crippen LogP contribution in [0.5, 0.6) is 0 Å². The first-order chi connectivity index (χ1) is 9.02. The molecule has 0 fully saturated rings. The highest BCUT2D eigenvalue weighted by Gasteiger charge is 2.16. The predicted octanol–water partition coefficient (Wildman–Crippen LogP) is 1.90. The zero-order chi connectivity index (χ0) is 14.3. The fourth-order valence-corrected chi connectivity index (χ4v) is 1.48. The smallest absolute Gasteiger partial charge is 0.323 e. The van der Waals surface area contributed by atoms with Gasteiger partial charge in [0.1, 0.15) is 6.54 Å². The van der Waals surface area contributed by atoms with Gasteiger partial charge in [-0.25, -0.2) is 4.79 Å². The average molecular weight is 287 g/mol. The van der Waals surface area contributed by atoms with Crippen molar-refractivity contribution in [2.24, 2.45) is 0 Å². The van der Waals surface area contributed by atoms with Gasteiger partial charge in [-0.1, -0.05) is 11.6 Å². The van der Waals surface area contributed by atoms with Gasteiger partial charge in [0.05, 0.1) is 6.61 Å². The number of benzene rings is 1. The molecule has 1 aromatic rings. The predicted molar refractivity (Wildman–Crippen MR) is 71.6 cm³/mol. The highest BCUT2D eigenvalue weighted by atomic mass is 35.5. The average Bonchev–Trinajstić information content (AvgIpc) is 2.36. The van der Waals surface area contributed by atoms with Crippen LogP contribution in [0.25, 0.3) is 0 Å². The lowest BCUT2D eigenvalue weighted by Crippen LogP contribution is -2.40. The van der Waals surface area contributed by atoms with Crippen LogP contribution < -0.4 is 5.32 Å². The fourth-order valence-electron chi connectivity index (χ4n) is 1.35. The summed E-state index contributed by atoms with van der Waals surface area (Å²) in [5.41, 5.74) is 0.544. The van der Waals surface area contributed by atoms with E-state index in [-0.39, 0.29) is 19.7 Å². The second kappa shape index (κ2) is 7.60. The molecule has 0 radical (unpaired) electrons. The monoisotopic (exact) mass is 286 g/mol. The van der Waals surface area contributed by atoms with Crippen molar-refractivity contribution in [1.82, 2.24) is 4.90 Å². The minimum Gasteiger partial charge on any atom is -0.480 e. The second-order valence-corrected chi connectivity index (χ2v) is 4.18. The van der Waals surface area contributed by atoms with E-state index in [1.807, 2.05) is 0 Å². The Balaban J connectivity index is 2.64. The number of carboxylic acids is 1. The zero-order valence-corrected chi connectivity index (χ0v) is 11.2. The molecule has 19 heavy (non-hydrogen) atoms. The minimum absolute atomic E-state index is 0.197. The quantitative estimate of drug-likeness (QED) is 0.837. The molecule has 6 nitrogen and oxygen atoms in total. The molecule has 2 N–H and O–H groups in total. The summed E-state index contributed by atoms with van der Waals surface area (Å²) in [6.45, 7) is 0.0757. The first-order valence-corrected chi connectivity index (χ1v) is 5.93. The number of carbonyl (C=O) groups is 2. The van der Waals surface area contributed by atoms with E-state index in [4.69, 9.17) is 21.4 Å². The highest BCUT2D eigenvalue weighted by Crippen LogP contribution is 2.13. The van der Waals surface area contributed by atoms with Crippen LogP contribution in [0.2, 0.25) is 5.02 Å². The summed E-state index contributed by atoms with van der Waals surface area (Å²) < 4.78 is 4.84. The molecule has 2 amide bonds. The van der Waals surface area contributed by atoms with E-state index in [0.717, 1.165) is 4.90 Å². The van der Waals surface area contributed by atoms with Crippen molar-refractivity contribution in [1.29, 1.82) is 0 Å². The number of amides is 2. The summed E-state index contributed by atoms with van der Waals surface area (Å²) >= 11 is 5.73. The Morgan fingerprint density at radius 2 is 2.00 bits per heavy atom. The summed E-state index contributed by atoms with van der Waals surface area (Å²) in [6.07, 6.45) is 0. The van der Waals surface area contributed by atoms with Crippen LogP contribution in [-0.2, 0) is 9.53 Å². The number of ether oxygens (including phenoxy) is 1. The Labute approximate surface area is 115 Å². The first kappa shape index (κ1) is 15.3. The number of carboxylic acid groups (broad SMARTS) is 1. The van der Waals surface area contributed by atoms with Gasteiger partial charge in [0, 0.05) is 24.4 Å². The molecule has 0 saturated heterocycles. The van der Waals surface area contributed by atoms with Crippen molar-refractivity contribution in [3.05, 3.63) is 29.3 Å². The molecule has 0 spiro atoms. The standard InChI is InChI=1S/C12H15ClN2O4/c1-19-7-6-15(8-11(16)17)12(18)14-10-4-2-9(13)3-5-10/h2-5H,6-8H2,1H3,(H,14,18)(H,16,17). The number of rotatable bonds is 6. The van der Waals surface area contributed by atoms with Crippen LogP contribution in [0.3, 0.4) is 0 Å². The van der Waals surface area contributed by atoms with Crippen molar-refractivity contribution in [3.8, 4) is 0 Å². The molecule has 0 aliphatic rings. The largest absolute Gasteiger partial charge is 0.480 e. The fraction of sp³-hybridized carbons (Fsp3) is 0.333. The molecule has 0 aromatic heterocycles. The molecule has 1 aromatic carbocycles. The summed E-state index contributed by atoms with van der Waals surface area (Å²) in [5.74, 6) is -1.08. The Morgan fingerprint density at radius 3 is 2.53 bits per heavy atom. The maximum Gasteiger partial charge on any atom is 0.323 e. The Kier molecular flexibility index (Phi) is 6.11. The third-order valence-electron chi connectivity index (χ3n) is 2.27. The maximum atomic E-state index is 11.9. The summed E-state index contributed by atoms with van der Waals surface area (Å²) in [7, 11) is 1.48. The third-order valence-corrected chi connectivity index (χ3v) is 2.53. The molecule has 0 saturated carbocycles. The zero-order valence-electron chi connectivity index (χ0n) is 10.4. The number of halogens is 1. The van der Waals surface area contributed by atoms with Crippen LogP contribution in [0.15, 0.2) is 24.3 Å². The van der Waals surface area contributed by atoms with Gasteiger partial charge >= 0.3 is 12.0 Å².